The smallest absolute Gasteiger partial charge is 0.270 e. The molecular weight excluding hydrogens is 420 g/mol. The van der Waals surface area contributed by atoms with Crippen LogP contribution in [0.2, 0.25) is 0 Å². The lowest BCUT2D eigenvalue weighted by Gasteiger charge is -2.31. The van der Waals surface area contributed by atoms with Gasteiger partial charge in [-0.25, -0.2) is 8.42 Å². The zero-order valence-electron chi connectivity index (χ0n) is 18.6. The molecule has 1 amide bonds. The Morgan fingerprint density at radius 3 is 2.28 bits per heavy atom. The summed E-state index contributed by atoms with van der Waals surface area (Å²) in [4.78, 5) is 13.3. The number of carbonyl (C=O) groups excluding carboxylic acids is 1. The first-order chi connectivity index (χ1) is 15.2. The monoisotopic (exact) mass is 446 g/mol. The van der Waals surface area contributed by atoms with Crippen LogP contribution in [-0.2, 0) is 14.8 Å². The van der Waals surface area contributed by atoms with Crippen molar-refractivity contribution in [2.24, 2.45) is 0 Å². The van der Waals surface area contributed by atoms with Crippen molar-refractivity contribution in [3.8, 4) is 0 Å². The van der Waals surface area contributed by atoms with E-state index in [-0.39, 0.29) is 10.9 Å². The van der Waals surface area contributed by atoms with Gasteiger partial charge in [-0.1, -0.05) is 72.3 Å². The van der Waals surface area contributed by atoms with Gasteiger partial charge in [-0.15, -0.1) is 0 Å². The highest BCUT2D eigenvalue weighted by molar-refractivity contribution is 7.97. The average Bonchev–Trinajstić information content (AvgIpc) is 2.76. The van der Waals surface area contributed by atoms with Crippen LogP contribution in [0.25, 0.3) is 5.57 Å². The van der Waals surface area contributed by atoms with Crippen molar-refractivity contribution >= 4 is 27.2 Å². The highest BCUT2D eigenvalue weighted by atomic mass is 32.2. The molecule has 1 atom stereocenters. The van der Waals surface area contributed by atoms with Gasteiger partial charge in [0.25, 0.3) is 15.9 Å². The Kier molecular flexibility index (Phi) is 5.65. The molecule has 0 saturated carbocycles. The molecule has 32 heavy (non-hydrogen) atoms. The molecule has 0 spiro atoms. The summed E-state index contributed by atoms with van der Waals surface area (Å²) in [5.74, 6) is -0.613. The van der Waals surface area contributed by atoms with Crippen LogP contribution in [-0.4, -0.2) is 21.4 Å². The van der Waals surface area contributed by atoms with Crippen LogP contribution in [0.5, 0.6) is 0 Å². The summed E-state index contributed by atoms with van der Waals surface area (Å²) in [6.07, 6.45) is 0. The molecule has 1 N–H and O–H groups in total. The number of para-hydroxylation sites is 1. The van der Waals surface area contributed by atoms with Gasteiger partial charge in [0.2, 0.25) is 0 Å². The number of hydrogen-bond acceptors (Lipinski definition) is 3. The molecule has 164 valence electrons. The van der Waals surface area contributed by atoms with Crippen LogP contribution in [0.4, 0.5) is 5.69 Å². The Labute approximate surface area is 189 Å². The molecule has 6 heteroatoms. The number of rotatable bonds is 4. The summed E-state index contributed by atoms with van der Waals surface area (Å²) in [5.41, 5.74) is 5.49. The zero-order valence-corrected chi connectivity index (χ0v) is 19.4. The summed E-state index contributed by atoms with van der Waals surface area (Å²) >= 11 is 0. The third kappa shape index (κ3) is 3.71. The molecular formula is C26H26N2O3S. The molecule has 0 radical (unpaired) electrons. The van der Waals surface area contributed by atoms with Crippen molar-refractivity contribution in [1.82, 2.24) is 5.32 Å². The van der Waals surface area contributed by atoms with E-state index in [1.165, 1.54) is 11.4 Å². The molecule has 4 rings (SSSR count). The first-order valence-corrected chi connectivity index (χ1v) is 11.9. The van der Waals surface area contributed by atoms with Crippen molar-refractivity contribution in [1.29, 1.82) is 0 Å². The van der Waals surface area contributed by atoms with Gasteiger partial charge >= 0.3 is 0 Å². The Hall–Kier alpha value is -3.38. The van der Waals surface area contributed by atoms with Crippen molar-refractivity contribution < 1.29 is 13.2 Å². The largest absolute Gasteiger partial charge is 0.345 e. The van der Waals surface area contributed by atoms with Gasteiger partial charge < -0.3 is 5.32 Å². The molecule has 1 aliphatic rings. The first kappa shape index (κ1) is 21.8. The van der Waals surface area contributed by atoms with Gasteiger partial charge in [-0.2, -0.15) is 0 Å². The predicted molar refractivity (Wildman–Crippen MR) is 129 cm³/mol. The second-order valence-electron chi connectivity index (χ2n) is 8.12. The number of nitrogens with one attached hydrogen (secondary N) is 1. The molecule has 1 aliphatic heterocycles. The number of aryl methyl sites for hydroxylation is 2. The minimum atomic E-state index is -4.06. The van der Waals surface area contributed by atoms with E-state index < -0.39 is 15.9 Å². The lowest BCUT2D eigenvalue weighted by Crippen LogP contribution is -2.40. The van der Waals surface area contributed by atoms with Crippen LogP contribution in [0.3, 0.4) is 0 Å². The third-order valence-corrected chi connectivity index (χ3v) is 7.69. The Morgan fingerprint density at radius 1 is 0.938 bits per heavy atom. The molecule has 0 bridgehead atoms. The molecule has 0 unspecified atom stereocenters. The maximum atomic E-state index is 13.5. The standard InChI is InChI=1S/C26H26N2O3S/c1-17-14-15-21(18(2)16-17)19(3)27-26(29)25-24(20-10-6-5-7-11-20)22-12-8-9-13-23(22)28(4)32(25,30)31/h5-16,19H,1-4H3,(H,27,29)/t19-/m0/s1. The number of amides is 1. The average molecular weight is 447 g/mol. The van der Waals surface area contributed by atoms with E-state index >= 15 is 0 Å². The highest BCUT2D eigenvalue weighted by Crippen LogP contribution is 2.42. The Balaban J connectivity index is 1.88. The topological polar surface area (TPSA) is 66.5 Å². The molecule has 0 fully saturated rings. The summed E-state index contributed by atoms with van der Waals surface area (Å²) < 4.78 is 28.3. The van der Waals surface area contributed by atoms with E-state index in [9.17, 15) is 13.2 Å². The van der Waals surface area contributed by atoms with Crippen LogP contribution < -0.4 is 9.62 Å². The molecule has 5 nitrogen and oxygen atoms in total. The van der Waals surface area contributed by atoms with E-state index in [4.69, 9.17) is 0 Å². The Morgan fingerprint density at radius 2 is 1.59 bits per heavy atom. The first-order valence-electron chi connectivity index (χ1n) is 10.5. The molecule has 0 aromatic heterocycles. The number of sulfonamides is 1. The van der Waals surface area contributed by atoms with Gasteiger partial charge in [0.05, 0.1) is 11.7 Å². The molecule has 0 aliphatic carbocycles. The lowest BCUT2D eigenvalue weighted by atomic mass is 9.95. The van der Waals surface area contributed by atoms with Gasteiger partial charge in [-0.05, 0) is 43.5 Å². The normalized spacial score (nSPS) is 15.8. The van der Waals surface area contributed by atoms with Gasteiger partial charge in [0.15, 0.2) is 4.91 Å². The fourth-order valence-corrected chi connectivity index (χ4v) is 5.72. The van der Waals surface area contributed by atoms with Crippen molar-refractivity contribution in [3.05, 3.63) is 106 Å². The predicted octanol–water partition coefficient (Wildman–Crippen LogP) is 4.72. The second-order valence-corrected chi connectivity index (χ2v) is 10.0. The summed E-state index contributed by atoms with van der Waals surface area (Å²) in [6.45, 7) is 5.87. The number of carbonyl (C=O) groups is 1. The van der Waals surface area contributed by atoms with Gasteiger partial charge in [-0.3, -0.25) is 9.10 Å². The van der Waals surface area contributed by atoms with E-state index in [0.717, 1.165) is 16.7 Å². The molecule has 3 aromatic rings. The molecule has 3 aromatic carbocycles. The Bertz CT molecular complexity index is 1330. The third-order valence-electron chi connectivity index (χ3n) is 5.87. The van der Waals surface area contributed by atoms with Crippen LogP contribution in [0.1, 0.15) is 40.8 Å². The van der Waals surface area contributed by atoms with Crippen LogP contribution >= 0.6 is 0 Å². The minimum absolute atomic E-state index is 0.235. The number of fused-ring (bicyclic) bond motifs is 1. The number of anilines is 1. The van der Waals surface area contributed by atoms with Crippen LogP contribution in [0, 0.1) is 13.8 Å². The molecule has 1 heterocycles. The van der Waals surface area contributed by atoms with Crippen molar-refractivity contribution in [2.75, 3.05) is 11.4 Å². The SMILES string of the molecule is Cc1ccc([C@H](C)NC(=O)C2=C(c3ccccc3)c3ccccc3N(C)S2(=O)=O)c(C)c1. The summed E-state index contributed by atoms with van der Waals surface area (Å²) in [6, 6.07) is 22.1. The molecule has 0 saturated heterocycles. The number of hydrogen-bond donors (Lipinski definition) is 1. The quantitative estimate of drug-likeness (QED) is 0.631. The van der Waals surface area contributed by atoms with Crippen molar-refractivity contribution in [2.45, 2.75) is 26.8 Å². The second kappa shape index (κ2) is 8.28. The lowest BCUT2D eigenvalue weighted by molar-refractivity contribution is -0.117. The highest BCUT2D eigenvalue weighted by Gasteiger charge is 2.39. The van der Waals surface area contributed by atoms with E-state index in [1.54, 1.807) is 12.1 Å². The fourth-order valence-electron chi connectivity index (χ4n) is 4.25. The van der Waals surface area contributed by atoms with E-state index in [0.29, 0.717) is 22.4 Å². The summed E-state index contributed by atoms with van der Waals surface area (Å²) in [5, 5.41) is 2.93. The van der Waals surface area contributed by atoms with E-state index in [2.05, 4.69) is 5.32 Å². The van der Waals surface area contributed by atoms with Crippen LogP contribution in [0.15, 0.2) is 77.7 Å². The summed E-state index contributed by atoms with van der Waals surface area (Å²) in [7, 11) is -2.57. The van der Waals surface area contributed by atoms with Crippen molar-refractivity contribution in [3.63, 3.8) is 0 Å². The number of benzene rings is 3. The zero-order chi connectivity index (χ0) is 23.0. The van der Waals surface area contributed by atoms with Gasteiger partial charge in [0.1, 0.15) is 0 Å². The van der Waals surface area contributed by atoms with Gasteiger partial charge in [0, 0.05) is 18.2 Å². The maximum absolute atomic E-state index is 13.5. The minimum Gasteiger partial charge on any atom is -0.345 e. The fraction of sp³-hybridized carbons (Fsp3) is 0.192. The van der Waals surface area contributed by atoms with E-state index in [1.807, 2.05) is 81.4 Å². The number of nitrogens with zero attached hydrogens (tertiary/aromatic N) is 1. The maximum Gasteiger partial charge on any atom is 0.270 e.